The number of hydrogen-bond donors (Lipinski definition) is 0. The van der Waals surface area contributed by atoms with Crippen molar-refractivity contribution in [2.24, 2.45) is 5.92 Å². The van der Waals surface area contributed by atoms with Gasteiger partial charge in [0, 0.05) is 31.3 Å². The molecule has 168 valence electrons. The molecular weight excluding hydrogens is 413 g/mol. The zero-order valence-corrected chi connectivity index (χ0v) is 18.7. The van der Waals surface area contributed by atoms with Crippen LogP contribution in [-0.4, -0.2) is 33.3 Å². The van der Waals surface area contributed by atoms with Gasteiger partial charge in [-0.05, 0) is 73.6 Å². The van der Waals surface area contributed by atoms with Crippen LogP contribution >= 0.6 is 0 Å². The lowest BCUT2D eigenvalue weighted by Crippen LogP contribution is -2.39. The molecule has 33 heavy (non-hydrogen) atoms. The zero-order valence-electron chi connectivity index (χ0n) is 18.7. The molecule has 0 atom stereocenters. The summed E-state index contributed by atoms with van der Waals surface area (Å²) >= 11 is 0. The van der Waals surface area contributed by atoms with Crippen molar-refractivity contribution in [3.8, 4) is 11.3 Å². The predicted molar refractivity (Wildman–Crippen MR) is 128 cm³/mol. The number of rotatable bonds is 6. The average molecular weight is 442 g/mol. The summed E-state index contributed by atoms with van der Waals surface area (Å²) in [5.41, 5.74) is 4.88. The Labute approximate surface area is 193 Å². The molecule has 0 bridgehead atoms. The fourth-order valence-corrected chi connectivity index (χ4v) is 4.84. The van der Waals surface area contributed by atoms with Crippen molar-refractivity contribution < 1.29 is 9.18 Å². The third-order valence-electron chi connectivity index (χ3n) is 6.66. The highest BCUT2D eigenvalue weighted by Gasteiger charge is 2.24. The minimum absolute atomic E-state index is 0.198. The Morgan fingerprint density at radius 2 is 1.67 bits per heavy atom. The minimum atomic E-state index is -0.269. The van der Waals surface area contributed by atoms with Crippen LogP contribution in [-0.2, 0) is 17.6 Å². The number of carbonyl (C=O) groups is 1. The molecule has 4 nitrogen and oxygen atoms in total. The molecule has 2 aromatic carbocycles. The molecule has 0 radical (unpaired) electrons. The van der Waals surface area contributed by atoms with Crippen LogP contribution in [0.25, 0.3) is 16.9 Å². The normalized spacial score (nSPS) is 14.6. The maximum absolute atomic E-state index is 13.4. The van der Waals surface area contributed by atoms with Crippen LogP contribution < -0.4 is 0 Å². The first-order valence-electron chi connectivity index (χ1n) is 11.7. The van der Waals surface area contributed by atoms with Crippen LogP contribution in [0.3, 0.4) is 0 Å². The number of pyridine rings is 1. The first-order chi connectivity index (χ1) is 16.2. The number of hydrogen-bond acceptors (Lipinski definition) is 2. The Kier molecular flexibility index (Phi) is 6.20. The summed E-state index contributed by atoms with van der Waals surface area (Å²) in [6, 6.07) is 22.9. The van der Waals surface area contributed by atoms with Crippen molar-refractivity contribution in [3.63, 3.8) is 0 Å². The molecule has 4 aromatic rings. The first kappa shape index (κ1) is 21.4. The van der Waals surface area contributed by atoms with Crippen LogP contribution in [0.1, 0.15) is 30.5 Å². The van der Waals surface area contributed by atoms with Crippen LogP contribution in [0.4, 0.5) is 4.39 Å². The van der Waals surface area contributed by atoms with Gasteiger partial charge in [-0.15, -0.1) is 0 Å². The molecule has 5 rings (SSSR count). The van der Waals surface area contributed by atoms with E-state index in [9.17, 15) is 9.18 Å². The predicted octanol–water partition coefficient (Wildman–Crippen LogP) is 5.55. The third-order valence-corrected chi connectivity index (χ3v) is 6.66. The summed E-state index contributed by atoms with van der Waals surface area (Å²) in [4.78, 5) is 19.8. The Morgan fingerprint density at radius 1 is 0.939 bits per heavy atom. The molecule has 1 aliphatic heterocycles. The third kappa shape index (κ3) is 4.82. The topological polar surface area (TPSA) is 37.6 Å². The number of nitrogens with zero attached hydrogens (tertiary/aromatic N) is 3. The second-order valence-electron chi connectivity index (χ2n) is 8.86. The number of aromatic nitrogens is 2. The number of amides is 1. The van der Waals surface area contributed by atoms with Gasteiger partial charge in [0.25, 0.3) is 0 Å². The van der Waals surface area contributed by atoms with Gasteiger partial charge in [0.1, 0.15) is 11.5 Å². The molecule has 3 heterocycles. The van der Waals surface area contributed by atoms with Gasteiger partial charge in [0.2, 0.25) is 5.91 Å². The summed E-state index contributed by atoms with van der Waals surface area (Å²) in [5.74, 6) is 0.569. The van der Waals surface area contributed by atoms with Gasteiger partial charge in [-0.2, -0.15) is 0 Å². The van der Waals surface area contributed by atoms with Crippen molar-refractivity contribution >= 4 is 11.6 Å². The Hall–Kier alpha value is -3.47. The van der Waals surface area contributed by atoms with Crippen molar-refractivity contribution in [2.75, 3.05) is 13.1 Å². The highest BCUT2D eigenvalue weighted by Crippen LogP contribution is 2.27. The van der Waals surface area contributed by atoms with Crippen molar-refractivity contribution in [1.29, 1.82) is 0 Å². The van der Waals surface area contributed by atoms with E-state index in [1.165, 1.54) is 17.7 Å². The first-order valence-corrected chi connectivity index (χ1v) is 11.7. The minimum Gasteiger partial charge on any atom is -0.343 e. The molecule has 0 spiro atoms. The van der Waals surface area contributed by atoms with Crippen LogP contribution in [0.2, 0.25) is 0 Å². The van der Waals surface area contributed by atoms with E-state index < -0.39 is 0 Å². The molecule has 0 unspecified atom stereocenters. The molecule has 0 N–H and O–H groups in total. The van der Waals surface area contributed by atoms with E-state index in [1.54, 1.807) is 12.1 Å². The number of aryl methyl sites for hydroxylation is 1. The standard InChI is InChI=1S/C28H28FN3O/c29-24-11-9-23(10-12-24)28-25(32-17-5-4-8-26(32)30-28)13-14-27(33)31-18-15-22(16-19-31)20-21-6-2-1-3-7-21/h1-12,17,22H,13-16,18-20H2. The maximum Gasteiger partial charge on any atom is 0.222 e. The molecule has 0 aliphatic carbocycles. The Morgan fingerprint density at radius 3 is 2.42 bits per heavy atom. The second-order valence-corrected chi connectivity index (χ2v) is 8.86. The quantitative estimate of drug-likeness (QED) is 0.393. The van der Waals surface area contributed by atoms with E-state index in [2.05, 4.69) is 30.3 Å². The number of benzene rings is 2. The van der Waals surface area contributed by atoms with Crippen LogP contribution in [0.15, 0.2) is 79.0 Å². The largest absolute Gasteiger partial charge is 0.343 e. The number of halogens is 1. The van der Waals surface area contributed by atoms with Gasteiger partial charge in [0.15, 0.2) is 0 Å². The number of fused-ring (bicyclic) bond motifs is 1. The van der Waals surface area contributed by atoms with Gasteiger partial charge in [-0.1, -0.05) is 36.4 Å². The fraction of sp³-hybridized carbons (Fsp3) is 0.286. The maximum atomic E-state index is 13.4. The van der Waals surface area contributed by atoms with Crippen LogP contribution in [0, 0.1) is 11.7 Å². The number of likely N-dealkylation sites (tertiary alicyclic amines) is 1. The second kappa shape index (κ2) is 9.57. The highest BCUT2D eigenvalue weighted by molar-refractivity contribution is 5.77. The number of piperidine rings is 1. The molecule has 5 heteroatoms. The van der Waals surface area contributed by atoms with Gasteiger partial charge in [0.05, 0.1) is 11.4 Å². The summed E-state index contributed by atoms with van der Waals surface area (Å²) in [6.07, 6.45) is 6.21. The van der Waals surface area contributed by atoms with Gasteiger partial charge >= 0.3 is 0 Å². The molecule has 1 fully saturated rings. The zero-order chi connectivity index (χ0) is 22.6. The van der Waals surface area contributed by atoms with Crippen LogP contribution in [0.5, 0.6) is 0 Å². The number of imidazole rings is 1. The molecule has 1 saturated heterocycles. The summed E-state index contributed by atoms with van der Waals surface area (Å²) in [5, 5.41) is 0. The lowest BCUT2D eigenvalue weighted by atomic mass is 9.90. The summed E-state index contributed by atoms with van der Waals surface area (Å²) in [6.45, 7) is 1.66. The van der Waals surface area contributed by atoms with E-state index in [0.717, 1.165) is 55.0 Å². The van der Waals surface area contributed by atoms with Crippen molar-refractivity contribution in [2.45, 2.75) is 32.1 Å². The van der Waals surface area contributed by atoms with Crippen molar-refractivity contribution in [1.82, 2.24) is 14.3 Å². The molecule has 2 aromatic heterocycles. The van der Waals surface area contributed by atoms with E-state index >= 15 is 0 Å². The summed E-state index contributed by atoms with van der Waals surface area (Å²) in [7, 11) is 0. The fourth-order valence-electron chi connectivity index (χ4n) is 4.84. The van der Waals surface area contributed by atoms with Gasteiger partial charge in [-0.25, -0.2) is 9.37 Å². The molecule has 1 aliphatic rings. The lowest BCUT2D eigenvalue weighted by Gasteiger charge is -2.32. The molecular formula is C28H28FN3O. The monoisotopic (exact) mass is 441 g/mol. The Bertz CT molecular complexity index is 1230. The molecule has 1 amide bonds. The van der Waals surface area contributed by atoms with Gasteiger partial charge < -0.3 is 9.30 Å². The van der Waals surface area contributed by atoms with Crippen molar-refractivity contribution in [3.05, 3.63) is 96.1 Å². The lowest BCUT2D eigenvalue weighted by molar-refractivity contribution is -0.132. The van der Waals surface area contributed by atoms with E-state index in [0.29, 0.717) is 18.8 Å². The molecule has 0 saturated carbocycles. The van der Waals surface area contributed by atoms with Gasteiger partial charge in [-0.3, -0.25) is 4.79 Å². The average Bonchev–Trinajstić information content (AvgIpc) is 3.22. The summed E-state index contributed by atoms with van der Waals surface area (Å²) < 4.78 is 15.5. The number of carbonyl (C=O) groups excluding carboxylic acids is 1. The van der Waals surface area contributed by atoms with E-state index in [1.807, 2.05) is 33.7 Å². The smallest absolute Gasteiger partial charge is 0.222 e. The highest BCUT2D eigenvalue weighted by atomic mass is 19.1. The SMILES string of the molecule is O=C(CCc1c(-c2ccc(F)cc2)nc2ccccn12)N1CCC(Cc2ccccc2)CC1. The van der Waals surface area contributed by atoms with E-state index in [4.69, 9.17) is 4.98 Å². The Balaban J connectivity index is 1.25. The van der Waals surface area contributed by atoms with E-state index in [-0.39, 0.29) is 11.7 Å².